The molecule has 1 heterocycles. The van der Waals surface area contributed by atoms with Crippen LogP contribution in [-0.4, -0.2) is 33.9 Å². The molecule has 2 aromatic carbocycles. The van der Waals surface area contributed by atoms with Gasteiger partial charge in [0.1, 0.15) is 6.54 Å². The lowest BCUT2D eigenvalue weighted by Crippen LogP contribution is -2.35. The van der Waals surface area contributed by atoms with E-state index in [1.165, 1.54) is 4.57 Å². The molecular formula is C20H18F3N3O2S. The fraction of sp³-hybridized carbons (Fsp3) is 0.250. The second-order valence-electron chi connectivity index (χ2n) is 6.52. The van der Waals surface area contributed by atoms with Crippen LogP contribution in [0.1, 0.15) is 11.1 Å². The molecule has 0 aliphatic carbocycles. The van der Waals surface area contributed by atoms with Crippen LogP contribution in [0, 0.1) is 13.8 Å². The predicted octanol–water partition coefficient (Wildman–Crippen LogP) is 3.77. The number of hydrogen-bond acceptors (Lipinski definition) is 4. The minimum absolute atomic E-state index is 0.240. The van der Waals surface area contributed by atoms with E-state index < -0.39 is 18.6 Å². The second-order valence-corrected chi connectivity index (χ2v) is 7.47. The molecule has 152 valence electrons. The third-order valence-electron chi connectivity index (χ3n) is 4.17. The number of rotatable bonds is 5. The average Bonchev–Trinajstić information content (AvgIpc) is 2.66. The highest BCUT2D eigenvalue weighted by Gasteiger charge is 2.27. The van der Waals surface area contributed by atoms with Gasteiger partial charge in [0.15, 0.2) is 5.16 Å². The maximum atomic E-state index is 13.2. The van der Waals surface area contributed by atoms with Crippen molar-refractivity contribution in [1.29, 1.82) is 0 Å². The Kier molecular flexibility index (Phi) is 5.97. The fourth-order valence-corrected chi connectivity index (χ4v) is 3.60. The van der Waals surface area contributed by atoms with Crippen molar-refractivity contribution in [2.75, 3.05) is 12.3 Å². The summed E-state index contributed by atoms with van der Waals surface area (Å²) < 4.78 is 38.3. The highest BCUT2D eigenvalue weighted by molar-refractivity contribution is 7.99. The van der Waals surface area contributed by atoms with Crippen LogP contribution in [0.4, 0.5) is 13.2 Å². The lowest BCUT2D eigenvalue weighted by atomic mass is 10.1. The number of aromatic nitrogens is 2. The molecule has 3 rings (SSSR count). The fourth-order valence-electron chi connectivity index (χ4n) is 2.76. The van der Waals surface area contributed by atoms with E-state index in [2.05, 4.69) is 4.98 Å². The number of halogens is 3. The Balaban J connectivity index is 2.02. The van der Waals surface area contributed by atoms with E-state index in [0.717, 1.165) is 22.9 Å². The molecule has 1 amide bonds. The highest BCUT2D eigenvalue weighted by atomic mass is 32.2. The molecule has 3 aromatic rings. The summed E-state index contributed by atoms with van der Waals surface area (Å²) in [7, 11) is 0. The Labute approximate surface area is 169 Å². The van der Waals surface area contributed by atoms with Crippen molar-refractivity contribution in [2.24, 2.45) is 0 Å². The van der Waals surface area contributed by atoms with Gasteiger partial charge in [-0.15, -0.1) is 0 Å². The molecule has 1 N–H and O–H groups in total. The van der Waals surface area contributed by atoms with E-state index in [-0.39, 0.29) is 16.5 Å². The van der Waals surface area contributed by atoms with Gasteiger partial charge in [0.25, 0.3) is 5.56 Å². The zero-order valence-corrected chi connectivity index (χ0v) is 16.5. The Morgan fingerprint density at radius 1 is 1.17 bits per heavy atom. The minimum Gasteiger partial charge on any atom is -0.346 e. The number of amides is 1. The summed E-state index contributed by atoms with van der Waals surface area (Å²) in [4.78, 5) is 29.5. The van der Waals surface area contributed by atoms with Crippen molar-refractivity contribution in [3.05, 3.63) is 63.9 Å². The average molecular weight is 421 g/mol. The van der Waals surface area contributed by atoms with E-state index in [9.17, 15) is 22.8 Å². The van der Waals surface area contributed by atoms with Gasteiger partial charge in [-0.25, -0.2) is 4.98 Å². The molecule has 0 spiro atoms. The van der Waals surface area contributed by atoms with Crippen LogP contribution in [0.2, 0.25) is 0 Å². The Hall–Kier alpha value is -2.81. The van der Waals surface area contributed by atoms with Crippen LogP contribution in [0.5, 0.6) is 0 Å². The molecule has 9 heteroatoms. The number of nitrogens with one attached hydrogen (secondary N) is 1. The van der Waals surface area contributed by atoms with Gasteiger partial charge in [-0.1, -0.05) is 36.0 Å². The number of alkyl halides is 3. The van der Waals surface area contributed by atoms with Crippen molar-refractivity contribution in [3.63, 3.8) is 0 Å². The number of thioether (sulfide) groups is 1. The smallest absolute Gasteiger partial charge is 0.346 e. The summed E-state index contributed by atoms with van der Waals surface area (Å²) in [6.45, 7) is 2.34. The summed E-state index contributed by atoms with van der Waals surface area (Å²) in [5.41, 5.74) is 2.54. The van der Waals surface area contributed by atoms with Gasteiger partial charge in [0.05, 0.1) is 22.3 Å². The first-order valence-electron chi connectivity index (χ1n) is 8.71. The first-order chi connectivity index (χ1) is 13.7. The normalized spacial score (nSPS) is 11.6. The monoisotopic (exact) mass is 421 g/mol. The molecular weight excluding hydrogens is 403 g/mol. The van der Waals surface area contributed by atoms with E-state index in [4.69, 9.17) is 0 Å². The van der Waals surface area contributed by atoms with Crippen molar-refractivity contribution in [3.8, 4) is 5.69 Å². The number of fused-ring (bicyclic) bond motifs is 1. The molecule has 29 heavy (non-hydrogen) atoms. The molecule has 0 radical (unpaired) electrons. The predicted molar refractivity (Wildman–Crippen MR) is 107 cm³/mol. The number of carbonyl (C=O) groups excluding carboxylic acids is 1. The molecule has 1 aromatic heterocycles. The first kappa shape index (κ1) is 20.9. The number of nitrogens with zero attached hydrogens (tertiary/aromatic N) is 2. The van der Waals surface area contributed by atoms with E-state index >= 15 is 0 Å². The van der Waals surface area contributed by atoms with Gasteiger partial charge in [-0.3, -0.25) is 14.2 Å². The lowest BCUT2D eigenvalue weighted by molar-refractivity contribution is -0.136. The van der Waals surface area contributed by atoms with Gasteiger partial charge in [0.2, 0.25) is 5.91 Å². The van der Waals surface area contributed by atoms with Crippen LogP contribution >= 0.6 is 11.8 Å². The van der Waals surface area contributed by atoms with Crippen molar-refractivity contribution < 1.29 is 18.0 Å². The van der Waals surface area contributed by atoms with Crippen molar-refractivity contribution in [2.45, 2.75) is 25.2 Å². The standard InChI is InChI=1S/C20H18F3N3O2S/c1-12-7-8-13(2)16(9-12)26-18(28)14-5-3-4-6-15(14)25-19(26)29-10-17(27)24-11-20(21,22)23/h3-9H,10-11H2,1-2H3,(H,24,27). The summed E-state index contributed by atoms with van der Waals surface area (Å²) in [5, 5.41) is 2.48. The van der Waals surface area contributed by atoms with Crippen LogP contribution in [0.3, 0.4) is 0 Å². The van der Waals surface area contributed by atoms with Crippen LogP contribution in [0.15, 0.2) is 52.4 Å². The lowest BCUT2D eigenvalue weighted by Gasteiger charge is -2.16. The van der Waals surface area contributed by atoms with E-state index in [1.54, 1.807) is 24.3 Å². The molecule has 0 saturated heterocycles. The minimum atomic E-state index is -4.48. The van der Waals surface area contributed by atoms with Gasteiger partial charge < -0.3 is 5.32 Å². The van der Waals surface area contributed by atoms with Gasteiger partial charge in [-0.2, -0.15) is 13.2 Å². The molecule has 0 fully saturated rings. The summed E-state index contributed by atoms with van der Waals surface area (Å²) in [6, 6.07) is 12.4. The highest BCUT2D eigenvalue weighted by Crippen LogP contribution is 2.24. The van der Waals surface area contributed by atoms with Crippen LogP contribution in [0.25, 0.3) is 16.6 Å². The largest absolute Gasteiger partial charge is 0.405 e. The van der Waals surface area contributed by atoms with Crippen LogP contribution < -0.4 is 10.9 Å². The Bertz CT molecular complexity index is 1130. The van der Waals surface area contributed by atoms with Crippen LogP contribution in [-0.2, 0) is 4.79 Å². The summed E-state index contributed by atoms with van der Waals surface area (Å²) in [6.07, 6.45) is -4.48. The van der Waals surface area contributed by atoms with Crippen molar-refractivity contribution in [1.82, 2.24) is 14.9 Å². The maximum absolute atomic E-state index is 13.2. The zero-order chi connectivity index (χ0) is 21.2. The zero-order valence-electron chi connectivity index (χ0n) is 15.7. The molecule has 0 aliphatic rings. The third kappa shape index (κ3) is 4.97. The topological polar surface area (TPSA) is 64.0 Å². The molecule has 0 aliphatic heterocycles. The molecule has 0 atom stereocenters. The van der Waals surface area contributed by atoms with E-state index in [0.29, 0.717) is 16.6 Å². The second kappa shape index (κ2) is 8.28. The molecule has 0 saturated carbocycles. The van der Waals surface area contributed by atoms with Gasteiger partial charge >= 0.3 is 6.18 Å². The van der Waals surface area contributed by atoms with E-state index in [1.807, 2.05) is 37.4 Å². The quantitative estimate of drug-likeness (QED) is 0.503. The number of aryl methyl sites for hydroxylation is 2. The maximum Gasteiger partial charge on any atom is 0.405 e. The van der Waals surface area contributed by atoms with Gasteiger partial charge in [0, 0.05) is 0 Å². The summed E-state index contributed by atoms with van der Waals surface area (Å²) >= 11 is 0.917. The number of carbonyl (C=O) groups is 1. The molecule has 0 bridgehead atoms. The first-order valence-corrected chi connectivity index (χ1v) is 9.70. The Morgan fingerprint density at radius 2 is 1.90 bits per heavy atom. The molecule has 5 nitrogen and oxygen atoms in total. The number of hydrogen-bond donors (Lipinski definition) is 1. The Morgan fingerprint density at radius 3 is 2.62 bits per heavy atom. The molecule has 0 unspecified atom stereocenters. The summed E-state index contributed by atoms with van der Waals surface area (Å²) in [5.74, 6) is -1.09. The SMILES string of the molecule is Cc1ccc(C)c(-n2c(SCC(=O)NCC(F)(F)F)nc3ccccc3c2=O)c1. The number of para-hydroxylation sites is 1. The third-order valence-corrected chi connectivity index (χ3v) is 5.11. The number of benzene rings is 2. The van der Waals surface area contributed by atoms with Gasteiger partial charge in [-0.05, 0) is 43.2 Å². The van der Waals surface area contributed by atoms with Crippen molar-refractivity contribution >= 4 is 28.6 Å².